The van der Waals surface area contributed by atoms with Gasteiger partial charge in [0, 0.05) is 31.7 Å². The van der Waals surface area contributed by atoms with Gasteiger partial charge in [-0.25, -0.2) is 4.79 Å². The zero-order valence-electron chi connectivity index (χ0n) is 17.2. The van der Waals surface area contributed by atoms with E-state index in [1.165, 1.54) is 24.3 Å². The summed E-state index contributed by atoms with van der Waals surface area (Å²) in [4.78, 5) is 13.8. The fourth-order valence-electron chi connectivity index (χ4n) is 3.70. The van der Waals surface area contributed by atoms with Crippen LogP contribution in [0.5, 0.6) is 0 Å². The smallest absolute Gasteiger partial charge is 0.430 e. The summed E-state index contributed by atoms with van der Waals surface area (Å²) in [6.45, 7) is -0.329. The van der Waals surface area contributed by atoms with Gasteiger partial charge in [0.15, 0.2) is 0 Å². The van der Waals surface area contributed by atoms with Crippen LogP contribution in [-0.2, 0) is 16.9 Å². The Labute approximate surface area is 185 Å². The number of piperazine rings is 1. The van der Waals surface area contributed by atoms with Crippen molar-refractivity contribution in [1.82, 2.24) is 4.90 Å². The van der Waals surface area contributed by atoms with E-state index < -0.39 is 36.2 Å². The lowest BCUT2D eigenvalue weighted by Crippen LogP contribution is -2.56. The standard InChI is InChI=1S/C21H21F6N3O3/c22-20(23,24)19(21(25,26)27,33-13-14-4-2-1-3-5-14)15-6-7-17(16(28)12-15)29-8-10-30(11-9-29)18(31)32/h1-7,12H,8-11,13,28H2,(H,31,32). The molecule has 0 radical (unpaired) electrons. The highest BCUT2D eigenvalue weighted by molar-refractivity contribution is 5.70. The molecule has 1 amide bonds. The van der Waals surface area contributed by atoms with E-state index in [-0.39, 0.29) is 43.1 Å². The van der Waals surface area contributed by atoms with Gasteiger partial charge in [-0.2, -0.15) is 26.3 Å². The van der Waals surface area contributed by atoms with Crippen LogP contribution in [0.3, 0.4) is 0 Å². The molecule has 1 heterocycles. The Hall–Kier alpha value is -3.15. The molecule has 1 aliphatic heterocycles. The number of alkyl halides is 6. The van der Waals surface area contributed by atoms with Crippen molar-refractivity contribution in [2.75, 3.05) is 36.8 Å². The summed E-state index contributed by atoms with van der Waals surface area (Å²) in [5.74, 6) is 0. The Morgan fingerprint density at radius 2 is 1.52 bits per heavy atom. The van der Waals surface area contributed by atoms with E-state index in [4.69, 9.17) is 10.8 Å². The molecule has 0 atom stereocenters. The van der Waals surface area contributed by atoms with Gasteiger partial charge in [-0.1, -0.05) is 36.4 Å². The van der Waals surface area contributed by atoms with Gasteiger partial charge >= 0.3 is 18.4 Å². The SMILES string of the molecule is Nc1cc(C(OCc2ccccc2)(C(F)(F)F)C(F)(F)F)ccc1N1CCN(C(=O)O)CC1. The number of carboxylic acid groups (broad SMARTS) is 1. The van der Waals surface area contributed by atoms with Crippen LogP contribution in [0, 0.1) is 0 Å². The Bertz CT molecular complexity index is 959. The van der Waals surface area contributed by atoms with E-state index in [1.54, 1.807) is 11.0 Å². The van der Waals surface area contributed by atoms with Crippen molar-refractivity contribution in [3.63, 3.8) is 0 Å². The molecule has 2 aromatic carbocycles. The van der Waals surface area contributed by atoms with E-state index >= 15 is 0 Å². The zero-order chi connectivity index (χ0) is 24.4. The van der Waals surface area contributed by atoms with Gasteiger partial charge in [0.05, 0.1) is 18.0 Å². The van der Waals surface area contributed by atoms with E-state index in [2.05, 4.69) is 4.74 Å². The molecule has 2 aromatic rings. The van der Waals surface area contributed by atoms with Crippen LogP contribution >= 0.6 is 0 Å². The van der Waals surface area contributed by atoms with Gasteiger partial charge in [0.1, 0.15) is 0 Å². The minimum absolute atomic E-state index is 0.117. The summed E-state index contributed by atoms with van der Waals surface area (Å²) in [5, 5.41) is 9.02. The van der Waals surface area contributed by atoms with Gasteiger partial charge < -0.3 is 25.4 Å². The monoisotopic (exact) mass is 477 g/mol. The Kier molecular flexibility index (Phi) is 6.68. The molecular weight excluding hydrogens is 456 g/mol. The highest BCUT2D eigenvalue weighted by atomic mass is 19.4. The summed E-state index contributed by atoms with van der Waals surface area (Å²) < 4.78 is 88.7. The number of anilines is 2. The number of carbonyl (C=O) groups is 1. The second-order valence-electron chi connectivity index (χ2n) is 7.48. The number of nitrogens with two attached hydrogens (primary N) is 1. The van der Waals surface area contributed by atoms with Gasteiger partial charge in [-0.15, -0.1) is 0 Å². The number of nitrogen functional groups attached to an aromatic ring is 1. The second kappa shape index (κ2) is 9.00. The molecule has 0 spiro atoms. The maximum Gasteiger partial charge on any atom is 0.430 e. The van der Waals surface area contributed by atoms with Crippen molar-refractivity contribution >= 4 is 17.5 Å². The quantitative estimate of drug-likeness (QED) is 0.486. The van der Waals surface area contributed by atoms with Crippen molar-refractivity contribution in [3.8, 4) is 0 Å². The molecule has 0 unspecified atom stereocenters. The van der Waals surface area contributed by atoms with Gasteiger partial charge in [0.2, 0.25) is 0 Å². The molecule has 0 aliphatic carbocycles. The van der Waals surface area contributed by atoms with Crippen molar-refractivity contribution < 1.29 is 41.0 Å². The van der Waals surface area contributed by atoms with Crippen LogP contribution in [-0.4, -0.2) is 54.6 Å². The van der Waals surface area contributed by atoms with Crippen molar-refractivity contribution in [2.24, 2.45) is 0 Å². The predicted molar refractivity (Wildman–Crippen MR) is 108 cm³/mol. The molecule has 1 saturated heterocycles. The summed E-state index contributed by atoms with van der Waals surface area (Å²) in [5.41, 5.74) is 0.132. The minimum Gasteiger partial charge on any atom is -0.465 e. The first-order valence-electron chi connectivity index (χ1n) is 9.81. The van der Waals surface area contributed by atoms with Crippen LogP contribution in [0.2, 0.25) is 0 Å². The fraction of sp³-hybridized carbons (Fsp3) is 0.381. The van der Waals surface area contributed by atoms with Crippen molar-refractivity contribution in [2.45, 2.75) is 24.6 Å². The second-order valence-corrected chi connectivity index (χ2v) is 7.48. The summed E-state index contributed by atoms with van der Waals surface area (Å²) in [6.07, 6.45) is -12.8. The molecule has 0 saturated carbocycles. The van der Waals surface area contributed by atoms with Gasteiger partial charge in [-0.3, -0.25) is 0 Å². The number of benzene rings is 2. The van der Waals surface area contributed by atoms with Crippen LogP contribution in [0.4, 0.5) is 42.5 Å². The zero-order valence-corrected chi connectivity index (χ0v) is 17.2. The van der Waals surface area contributed by atoms with E-state index in [0.717, 1.165) is 11.0 Å². The number of nitrogens with zero attached hydrogens (tertiary/aromatic N) is 2. The predicted octanol–water partition coefficient (Wildman–Crippen LogP) is 4.61. The normalized spacial score (nSPS) is 15.6. The van der Waals surface area contributed by atoms with E-state index in [1.807, 2.05) is 0 Å². The number of halogens is 6. The van der Waals surface area contributed by atoms with E-state index in [9.17, 15) is 31.1 Å². The van der Waals surface area contributed by atoms with Gasteiger partial charge in [-0.05, 0) is 17.7 Å². The molecule has 3 rings (SSSR count). The third-order valence-electron chi connectivity index (χ3n) is 5.42. The molecule has 1 fully saturated rings. The molecule has 33 heavy (non-hydrogen) atoms. The number of hydrogen-bond donors (Lipinski definition) is 2. The van der Waals surface area contributed by atoms with Gasteiger partial charge in [0.25, 0.3) is 5.60 Å². The average Bonchev–Trinajstić information content (AvgIpc) is 2.73. The summed E-state index contributed by atoms with van der Waals surface area (Å²) >= 11 is 0. The molecular formula is C21H21F6N3O3. The first-order chi connectivity index (χ1) is 15.4. The summed E-state index contributed by atoms with van der Waals surface area (Å²) in [7, 11) is 0. The Morgan fingerprint density at radius 3 is 2.00 bits per heavy atom. The average molecular weight is 477 g/mol. The lowest BCUT2D eigenvalue weighted by Gasteiger charge is -2.38. The van der Waals surface area contributed by atoms with E-state index in [0.29, 0.717) is 12.1 Å². The topological polar surface area (TPSA) is 79.0 Å². The molecule has 180 valence electrons. The lowest BCUT2D eigenvalue weighted by molar-refractivity contribution is -0.392. The first-order valence-corrected chi connectivity index (χ1v) is 9.81. The third-order valence-corrected chi connectivity index (χ3v) is 5.42. The highest BCUT2D eigenvalue weighted by Gasteiger charge is 2.73. The molecule has 0 bridgehead atoms. The molecule has 3 N–H and O–H groups in total. The largest absolute Gasteiger partial charge is 0.465 e. The number of ether oxygens (including phenoxy) is 1. The first kappa shape index (κ1) is 24.5. The molecule has 12 heteroatoms. The molecule has 1 aliphatic rings. The van der Waals surface area contributed by atoms with Crippen LogP contribution < -0.4 is 10.6 Å². The number of rotatable bonds is 5. The van der Waals surface area contributed by atoms with Crippen molar-refractivity contribution in [1.29, 1.82) is 0 Å². The maximum atomic E-state index is 14.0. The number of hydrogen-bond acceptors (Lipinski definition) is 4. The van der Waals surface area contributed by atoms with Crippen molar-refractivity contribution in [3.05, 3.63) is 59.7 Å². The van der Waals surface area contributed by atoms with Crippen LogP contribution in [0.25, 0.3) is 0 Å². The van der Waals surface area contributed by atoms with Crippen LogP contribution in [0.1, 0.15) is 11.1 Å². The minimum atomic E-state index is -5.83. The summed E-state index contributed by atoms with van der Waals surface area (Å²) in [6, 6.07) is 9.60. The van der Waals surface area contributed by atoms with Crippen LogP contribution in [0.15, 0.2) is 48.5 Å². The Balaban J connectivity index is 1.97. The third kappa shape index (κ3) is 4.80. The number of amides is 1. The highest BCUT2D eigenvalue weighted by Crippen LogP contribution is 2.54. The fourth-order valence-corrected chi connectivity index (χ4v) is 3.70. The Morgan fingerprint density at radius 1 is 0.939 bits per heavy atom. The molecule has 6 nitrogen and oxygen atoms in total. The maximum absolute atomic E-state index is 14.0. The lowest BCUT2D eigenvalue weighted by atomic mass is 9.90. The molecule has 0 aromatic heterocycles.